The third-order valence-electron chi connectivity index (χ3n) is 2.97. The van der Waals surface area contributed by atoms with Crippen LogP contribution in [0.1, 0.15) is 25.0 Å². The summed E-state index contributed by atoms with van der Waals surface area (Å²) in [4.78, 5) is 15.8. The third kappa shape index (κ3) is 9.42. The first-order valence-corrected chi connectivity index (χ1v) is 7.79. The molecule has 0 saturated carbocycles. The van der Waals surface area contributed by atoms with Crippen LogP contribution in [-0.2, 0) is 11.3 Å². The molecule has 1 amide bonds. The Bertz CT molecular complexity index is 571. The van der Waals surface area contributed by atoms with Crippen LogP contribution in [-0.4, -0.2) is 38.1 Å². The summed E-state index contributed by atoms with van der Waals surface area (Å²) in [5.74, 6) is 0.368. The summed E-state index contributed by atoms with van der Waals surface area (Å²) >= 11 is 0. The molecule has 0 aliphatic heterocycles. The zero-order valence-corrected chi connectivity index (χ0v) is 16.9. The van der Waals surface area contributed by atoms with E-state index in [0.717, 1.165) is 5.56 Å². The van der Waals surface area contributed by atoms with Crippen molar-refractivity contribution in [2.24, 2.45) is 4.99 Å². The van der Waals surface area contributed by atoms with E-state index >= 15 is 0 Å². The van der Waals surface area contributed by atoms with Gasteiger partial charge in [0.2, 0.25) is 5.91 Å². The summed E-state index contributed by atoms with van der Waals surface area (Å²) in [7, 11) is 0. The van der Waals surface area contributed by atoms with Gasteiger partial charge in [-0.2, -0.15) is 8.78 Å². The van der Waals surface area contributed by atoms with E-state index in [-0.39, 0.29) is 48.7 Å². The summed E-state index contributed by atoms with van der Waals surface area (Å²) < 4.78 is 29.5. The number of guanidine groups is 1. The SMILES string of the molecule is CCNC(=O)CNC(=NCc1cc(C)ccc1OC(F)F)NCC.I. The summed E-state index contributed by atoms with van der Waals surface area (Å²) in [6.45, 7) is 4.07. The van der Waals surface area contributed by atoms with Crippen LogP contribution in [0.15, 0.2) is 23.2 Å². The molecule has 0 aliphatic carbocycles. The number of aliphatic imine (C=N–C) groups is 1. The normalized spacial score (nSPS) is 10.9. The van der Waals surface area contributed by atoms with Crippen molar-refractivity contribution in [3.8, 4) is 5.75 Å². The molecule has 0 radical (unpaired) electrons. The van der Waals surface area contributed by atoms with Crippen molar-refractivity contribution in [1.82, 2.24) is 16.0 Å². The number of aryl methyl sites for hydroxylation is 1. The number of carbonyl (C=O) groups is 1. The number of benzene rings is 1. The number of halogens is 3. The van der Waals surface area contributed by atoms with Gasteiger partial charge in [0, 0.05) is 18.7 Å². The molecule has 0 unspecified atom stereocenters. The highest BCUT2D eigenvalue weighted by Crippen LogP contribution is 2.22. The monoisotopic (exact) mass is 470 g/mol. The van der Waals surface area contributed by atoms with Gasteiger partial charge in [-0.1, -0.05) is 17.7 Å². The largest absolute Gasteiger partial charge is 0.434 e. The Morgan fingerprint density at radius 2 is 1.88 bits per heavy atom. The smallest absolute Gasteiger partial charge is 0.387 e. The first kappa shape index (κ1) is 23.4. The van der Waals surface area contributed by atoms with E-state index in [1.165, 1.54) is 6.07 Å². The molecule has 25 heavy (non-hydrogen) atoms. The van der Waals surface area contributed by atoms with Crippen molar-refractivity contribution < 1.29 is 18.3 Å². The zero-order chi connectivity index (χ0) is 17.9. The van der Waals surface area contributed by atoms with Crippen LogP contribution in [0.25, 0.3) is 0 Å². The topological polar surface area (TPSA) is 74.8 Å². The number of nitrogens with one attached hydrogen (secondary N) is 3. The number of ether oxygens (including phenoxy) is 1. The van der Waals surface area contributed by atoms with Crippen LogP contribution >= 0.6 is 24.0 Å². The second kappa shape index (κ2) is 12.7. The molecule has 0 saturated heterocycles. The van der Waals surface area contributed by atoms with Crippen molar-refractivity contribution in [1.29, 1.82) is 0 Å². The molecule has 6 nitrogen and oxygen atoms in total. The molecule has 1 aromatic rings. The average molecular weight is 470 g/mol. The maximum atomic E-state index is 12.5. The van der Waals surface area contributed by atoms with Gasteiger partial charge in [0.1, 0.15) is 5.75 Å². The van der Waals surface area contributed by atoms with Crippen LogP contribution in [0, 0.1) is 6.92 Å². The summed E-state index contributed by atoms with van der Waals surface area (Å²) in [5, 5.41) is 8.55. The van der Waals surface area contributed by atoms with E-state index in [0.29, 0.717) is 24.6 Å². The summed E-state index contributed by atoms with van der Waals surface area (Å²) in [6, 6.07) is 4.94. The molecule has 1 aromatic carbocycles. The Morgan fingerprint density at radius 3 is 2.48 bits per heavy atom. The van der Waals surface area contributed by atoms with Crippen molar-refractivity contribution in [3.63, 3.8) is 0 Å². The Kier molecular flexibility index (Phi) is 11.8. The number of alkyl halides is 2. The number of nitrogens with zero attached hydrogens (tertiary/aromatic N) is 1. The standard InChI is InChI=1S/C16H24F2N4O2.HI/c1-4-19-14(23)10-22-16(20-5-2)21-9-12-8-11(3)6-7-13(12)24-15(17)18;/h6-8,15H,4-5,9-10H2,1-3H3,(H,19,23)(H2,20,21,22);1H. The van der Waals surface area contributed by atoms with Crippen LogP contribution in [0.2, 0.25) is 0 Å². The Balaban J connectivity index is 0.00000576. The van der Waals surface area contributed by atoms with E-state index in [1.807, 2.05) is 20.8 Å². The highest BCUT2D eigenvalue weighted by atomic mass is 127. The van der Waals surface area contributed by atoms with Gasteiger partial charge < -0.3 is 20.7 Å². The average Bonchev–Trinajstić information content (AvgIpc) is 2.52. The number of carbonyl (C=O) groups excluding carboxylic acids is 1. The molecule has 0 aromatic heterocycles. The van der Waals surface area contributed by atoms with E-state index in [9.17, 15) is 13.6 Å². The van der Waals surface area contributed by atoms with E-state index in [1.54, 1.807) is 12.1 Å². The van der Waals surface area contributed by atoms with Crippen molar-refractivity contribution >= 4 is 35.8 Å². The van der Waals surface area contributed by atoms with E-state index in [2.05, 4.69) is 25.7 Å². The van der Waals surface area contributed by atoms with Gasteiger partial charge in [0.05, 0.1) is 13.1 Å². The molecule has 0 spiro atoms. The minimum atomic E-state index is -2.89. The van der Waals surface area contributed by atoms with Gasteiger partial charge in [0.25, 0.3) is 0 Å². The fraction of sp³-hybridized carbons (Fsp3) is 0.500. The first-order valence-electron chi connectivity index (χ1n) is 7.79. The zero-order valence-electron chi connectivity index (χ0n) is 14.6. The highest BCUT2D eigenvalue weighted by Gasteiger charge is 2.10. The molecule has 142 valence electrons. The second-order valence-electron chi connectivity index (χ2n) is 4.99. The molecule has 0 heterocycles. The summed E-state index contributed by atoms with van der Waals surface area (Å²) in [5.41, 5.74) is 1.47. The molecule has 9 heteroatoms. The minimum absolute atomic E-state index is 0. The van der Waals surface area contributed by atoms with Gasteiger partial charge >= 0.3 is 6.61 Å². The molecule has 0 atom stereocenters. The molecule has 0 aliphatic rings. The molecule has 3 N–H and O–H groups in total. The molecular formula is C16H25F2IN4O2. The Labute approximate surface area is 163 Å². The number of hydrogen-bond donors (Lipinski definition) is 3. The predicted octanol–water partition coefficient (Wildman–Crippen LogP) is 2.41. The highest BCUT2D eigenvalue weighted by molar-refractivity contribution is 14.0. The maximum absolute atomic E-state index is 12.5. The predicted molar refractivity (Wildman–Crippen MR) is 105 cm³/mol. The molecule has 0 fully saturated rings. The summed E-state index contributed by atoms with van der Waals surface area (Å²) in [6.07, 6.45) is 0. The number of likely N-dealkylation sites (N-methyl/N-ethyl adjacent to an activating group) is 1. The van der Waals surface area contributed by atoms with Gasteiger partial charge in [0.15, 0.2) is 5.96 Å². The van der Waals surface area contributed by atoms with Crippen LogP contribution in [0.5, 0.6) is 5.75 Å². The van der Waals surface area contributed by atoms with Crippen LogP contribution in [0.4, 0.5) is 8.78 Å². The maximum Gasteiger partial charge on any atom is 0.387 e. The lowest BCUT2D eigenvalue weighted by atomic mass is 10.1. The number of hydrogen-bond acceptors (Lipinski definition) is 3. The second-order valence-corrected chi connectivity index (χ2v) is 4.99. The van der Waals surface area contributed by atoms with Gasteiger partial charge in [-0.05, 0) is 26.8 Å². The van der Waals surface area contributed by atoms with Crippen LogP contribution in [0.3, 0.4) is 0 Å². The van der Waals surface area contributed by atoms with Gasteiger partial charge in [-0.15, -0.1) is 24.0 Å². The fourth-order valence-corrected chi connectivity index (χ4v) is 1.97. The van der Waals surface area contributed by atoms with Gasteiger partial charge in [-0.3, -0.25) is 4.79 Å². The van der Waals surface area contributed by atoms with Crippen molar-refractivity contribution in [2.45, 2.75) is 33.9 Å². The van der Waals surface area contributed by atoms with Gasteiger partial charge in [-0.25, -0.2) is 4.99 Å². The van der Waals surface area contributed by atoms with E-state index < -0.39 is 6.61 Å². The quantitative estimate of drug-likeness (QED) is 0.310. The van der Waals surface area contributed by atoms with Crippen molar-refractivity contribution in [3.05, 3.63) is 29.3 Å². The third-order valence-corrected chi connectivity index (χ3v) is 2.97. The lowest BCUT2D eigenvalue weighted by Gasteiger charge is -2.13. The van der Waals surface area contributed by atoms with Crippen LogP contribution < -0.4 is 20.7 Å². The lowest BCUT2D eigenvalue weighted by molar-refractivity contribution is -0.119. The molecule has 1 rings (SSSR count). The Morgan fingerprint density at radius 1 is 1.20 bits per heavy atom. The van der Waals surface area contributed by atoms with E-state index in [4.69, 9.17) is 0 Å². The Hall–Kier alpha value is -1.65. The number of rotatable bonds is 8. The minimum Gasteiger partial charge on any atom is -0.434 e. The lowest BCUT2D eigenvalue weighted by Crippen LogP contribution is -2.43. The molecule has 0 bridgehead atoms. The first-order chi connectivity index (χ1) is 11.5. The van der Waals surface area contributed by atoms with Crippen molar-refractivity contribution in [2.75, 3.05) is 19.6 Å². The fourth-order valence-electron chi connectivity index (χ4n) is 1.97. The molecular weight excluding hydrogens is 445 g/mol. The number of amides is 1.